The van der Waals surface area contributed by atoms with Crippen molar-refractivity contribution in [2.24, 2.45) is 0 Å². The number of H-pyrrole nitrogens is 1. The van der Waals surface area contributed by atoms with Gasteiger partial charge in [0.2, 0.25) is 5.43 Å². The Labute approximate surface area is 158 Å². The van der Waals surface area contributed by atoms with Crippen molar-refractivity contribution < 1.29 is 4.79 Å². The normalized spacial score (nSPS) is 10.5. The van der Waals surface area contributed by atoms with Gasteiger partial charge in [-0.25, -0.2) is 0 Å². The number of thiophene rings is 1. The minimum Gasteiger partial charge on any atom is -0.360 e. The van der Waals surface area contributed by atoms with Crippen molar-refractivity contribution in [1.29, 1.82) is 5.26 Å². The molecule has 4 rings (SSSR count). The molecule has 2 N–H and O–H groups in total. The van der Waals surface area contributed by atoms with Crippen molar-refractivity contribution in [1.82, 2.24) is 4.98 Å². The summed E-state index contributed by atoms with van der Waals surface area (Å²) in [7, 11) is 0. The lowest BCUT2D eigenvalue weighted by Gasteiger charge is -2.10. The zero-order valence-electron chi connectivity index (χ0n) is 14.0. The Morgan fingerprint density at radius 3 is 2.63 bits per heavy atom. The van der Waals surface area contributed by atoms with Crippen LogP contribution in [0.2, 0.25) is 0 Å². The van der Waals surface area contributed by atoms with Crippen LogP contribution in [-0.4, -0.2) is 10.9 Å². The summed E-state index contributed by atoms with van der Waals surface area (Å²) in [4.78, 5) is 29.8. The first-order chi connectivity index (χ1) is 13.2. The van der Waals surface area contributed by atoms with Crippen LogP contribution >= 0.6 is 11.3 Å². The molecule has 0 aliphatic carbocycles. The highest BCUT2D eigenvalue weighted by Crippen LogP contribution is 2.33. The number of anilines is 1. The van der Waals surface area contributed by atoms with E-state index in [2.05, 4.69) is 16.4 Å². The molecule has 0 radical (unpaired) electrons. The molecule has 2 heterocycles. The van der Waals surface area contributed by atoms with Crippen LogP contribution in [0.4, 0.5) is 5.69 Å². The molecule has 0 saturated heterocycles. The van der Waals surface area contributed by atoms with Gasteiger partial charge >= 0.3 is 0 Å². The highest BCUT2D eigenvalue weighted by molar-refractivity contribution is 7.16. The Hall–Kier alpha value is -3.69. The Bertz CT molecular complexity index is 1260. The molecule has 0 fully saturated rings. The molecule has 4 aromatic rings. The summed E-state index contributed by atoms with van der Waals surface area (Å²) in [6, 6.07) is 20.1. The third-order valence-corrected chi connectivity index (χ3v) is 5.21. The van der Waals surface area contributed by atoms with E-state index in [0.29, 0.717) is 21.5 Å². The number of nitriles is 1. The van der Waals surface area contributed by atoms with Gasteiger partial charge in [0.05, 0.1) is 0 Å². The summed E-state index contributed by atoms with van der Waals surface area (Å²) in [6.45, 7) is 0. The lowest BCUT2D eigenvalue weighted by molar-refractivity contribution is 0.102. The first-order valence-electron chi connectivity index (χ1n) is 8.18. The number of amides is 1. The fourth-order valence-electron chi connectivity index (χ4n) is 2.88. The van der Waals surface area contributed by atoms with Crippen molar-refractivity contribution in [3.63, 3.8) is 0 Å². The molecule has 130 valence electrons. The van der Waals surface area contributed by atoms with Gasteiger partial charge < -0.3 is 10.3 Å². The van der Waals surface area contributed by atoms with Gasteiger partial charge in [-0.3, -0.25) is 9.59 Å². The number of carbonyl (C=O) groups is 1. The van der Waals surface area contributed by atoms with Crippen molar-refractivity contribution in [3.05, 3.63) is 87.5 Å². The van der Waals surface area contributed by atoms with Crippen molar-refractivity contribution in [2.45, 2.75) is 0 Å². The van der Waals surface area contributed by atoms with Crippen LogP contribution < -0.4 is 10.7 Å². The quantitative estimate of drug-likeness (QED) is 0.560. The van der Waals surface area contributed by atoms with E-state index in [1.54, 1.807) is 30.3 Å². The summed E-state index contributed by atoms with van der Waals surface area (Å²) >= 11 is 1.35. The second-order valence-corrected chi connectivity index (χ2v) is 6.94. The number of pyridine rings is 1. The largest absolute Gasteiger partial charge is 0.360 e. The number of hydrogen-bond acceptors (Lipinski definition) is 4. The molecular weight excluding hydrogens is 358 g/mol. The molecule has 2 aromatic heterocycles. The number of nitrogens with zero attached hydrogens (tertiary/aromatic N) is 1. The fourth-order valence-corrected chi connectivity index (χ4v) is 3.72. The highest BCUT2D eigenvalue weighted by Gasteiger charge is 2.15. The summed E-state index contributed by atoms with van der Waals surface area (Å²) in [6.07, 6.45) is 1.43. The molecule has 0 unspecified atom stereocenters. The second kappa shape index (κ2) is 6.90. The fraction of sp³-hybridized carbons (Fsp3) is 0. The Kier molecular flexibility index (Phi) is 4.29. The van der Waals surface area contributed by atoms with Gasteiger partial charge in [-0.15, -0.1) is 11.3 Å². The molecule has 0 spiro atoms. The summed E-state index contributed by atoms with van der Waals surface area (Å²) in [5, 5.41) is 12.3. The molecule has 5 nitrogen and oxygen atoms in total. The monoisotopic (exact) mass is 371 g/mol. The van der Waals surface area contributed by atoms with E-state index in [-0.39, 0.29) is 11.0 Å². The topological polar surface area (TPSA) is 85.8 Å². The maximum Gasteiger partial charge on any atom is 0.261 e. The van der Waals surface area contributed by atoms with E-state index in [1.807, 2.05) is 30.3 Å². The van der Waals surface area contributed by atoms with Crippen LogP contribution in [0.15, 0.2) is 71.7 Å². The number of rotatable bonds is 3. The minimum absolute atomic E-state index is 0.0485. The standard InChI is InChI=1S/C21H13N3O2S/c22-11-13-9-10-19(27-13)14-5-1-4-8-18(14)24-21(26)16-12-23-17-7-3-2-6-15(17)20(16)25/h1-10,12H,(H,23,25)(H,24,26). The summed E-state index contributed by atoms with van der Waals surface area (Å²) in [5.74, 6) is -0.480. The number of aromatic nitrogens is 1. The lowest BCUT2D eigenvalue weighted by Crippen LogP contribution is -2.22. The van der Waals surface area contributed by atoms with E-state index in [1.165, 1.54) is 17.5 Å². The van der Waals surface area contributed by atoms with Gasteiger partial charge in [0.1, 0.15) is 16.5 Å². The molecule has 0 saturated carbocycles. The Balaban J connectivity index is 1.71. The van der Waals surface area contributed by atoms with Crippen LogP contribution in [0.1, 0.15) is 15.2 Å². The first-order valence-corrected chi connectivity index (χ1v) is 9.00. The number of nitrogens with one attached hydrogen (secondary N) is 2. The van der Waals surface area contributed by atoms with Crippen LogP contribution in [0, 0.1) is 11.3 Å². The van der Waals surface area contributed by atoms with Gasteiger partial charge in [-0.2, -0.15) is 5.26 Å². The first kappa shape index (κ1) is 16.8. The molecule has 6 heteroatoms. The summed E-state index contributed by atoms with van der Waals surface area (Å²) < 4.78 is 0. The number of para-hydroxylation sites is 2. The van der Waals surface area contributed by atoms with Gasteiger partial charge in [-0.05, 0) is 30.3 Å². The average Bonchev–Trinajstić information content (AvgIpc) is 3.18. The van der Waals surface area contributed by atoms with Crippen molar-refractivity contribution in [2.75, 3.05) is 5.32 Å². The zero-order valence-corrected chi connectivity index (χ0v) is 14.8. The number of aromatic amines is 1. The van der Waals surface area contributed by atoms with E-state index in [0.717, 1.165) is 10.4 Å². The van der Waals surface area contributed by atoms with Gasteiger partial charge in [0.15, 0.2) is 0 Å². The van der Waals surface area contributed by atoms with Crippen LogP contribution in [-0.2, 0) is 0 Å². The molecule has 2 aromatic carbocycles. The van der Waals surface area contributed by atoms with E-state index >= 15 is 0 Å². The molecule has 0 bridgehead atoms. The molecule has 0 aliphatic heterocycles. The van der Waals surface area contributed by atoms with Crippen LogP contribution in [0.5, 0.6) is 0 Å². The maximum absolute atomic E-state index is 12.7. The van der Waals surface area contributed by atoms with Crippen LogP contribution in [0.25, 0.3) is 21.3 Å². The number of fused-ring (bicyclic) bond motifs is 1. The molecule has 0 atom stereocenters. The lowest BCUT2D eigenvalue weighted by atomic mass is 10.1. The number of carbonyl (C=O) groups excluding carboxylic acids is 1. The SMILES string of the molecule is N#Cc1ccc(-c2ccccc2NC(=O)c2c[nH]c3ccccc3c2=O)s1. The highest BCUT2D eigenvalue weighted by atomic mass is 32.1. The minimum atomic E-state index is -0.480. The zero-order chi connectivity index (χ0) is 18.8. The number of hydrogen-bond donors (Lipinski definition) is 2. The molecular formula is C21H13N3O2S. The average molecular weight is 371 g/mol. The predicted molar refractivity (Wildman–Crippen MR) is 107 cm³/mol. The summed E-state index contributed by atoms with van der Waals surface area (Å²) in [5.41, 5.74) is 1.80. The maximum atomic E-state index is 12.7. The predicted octanol–water partition coefficient (Wildman–Crippen LogP) is 4.38. The Morgan fingerprint density at radius 1 is 1.04 bits per heavy atom. The van der Waals surface area contributed by atoms with Crippen LogP contribution in [0.3, 0.4) is 0 Å². The molecule has 0 aliphatic rings. The molecule has 27 heavy (non-hydrogen) atoms. The van der Waals surface area contributed by atoms with Gasteiger partial charge in [0.25, 0.3) is 5.91 Å². The Morgan fingerprint density at radius 2 is 1.81 bits per heavy atom. The van der Waals surface area contributed by atoms with E-state index in [4.69, 9.17) is 5.26 Å². The van der Waals surface area contributed by atoms with E-state index in [9.17, 15) is 9.59 Å². The van der Waals surface area contributed by atoms with E-state index < -0.39 is 5.91 Å². The third-order valence-electron chi connectivity index (χ3n) is 4.19. The van der Waals surface area contributed by atoms with Crippen molar-refractivity contribution in [3.8, 4) is 16.5 Å². The molecule has 1 amide bonds. The van der Waals surface area contributed by atoms with Crippen molar-refractivity contribution >= 4 is 33.8 Å². The smallest absolute Gasteiger partial charge is 0.261 e. The van der Waals surface area contributed by atoms with Gasteiger partial charge in [-0.1, -0.05) is 30.3 Å². The second-order valence-electron chi connectivity index (χ2n) is 5.85. The number of benzene rings is 2. The third kappa shape index (κ3) is 3.12. The van der Waals surface area contributed by atoms with Gasteiger partial charge in [0, 0.05) is 33.2 Å².